The molecule has 1 aliphatic rings. The van der Waals surface area contributed by atoms with Crippen LogP contribution >= 0.6 is 11.3 Å². The SMILES string of the molecule is O=C(c1cccs1)[C@H]1CCCN(Cc2ccc(Cn3cccn3)cc2)C1. The Morgan fingerprint density at radius 3 is 2.62 bits per heavy atom. The molecule has 0 saturated carbocycles. The van der Waals surface area contributed by atoms with Gasteiger partial charge in [-0.25, -0.2) is 0 Å². The highest BCUT2D eigenvalue weighted by Crippen LogP contribution is 2.24. The molecular formula is C21H23N3OS. The summed E-state index contributed by atoms with van der Waals surface area (Å²) in [4.78, 5) is 16.0. The molecule has 0 amide bonds. The van der Waals surface area contributed by atoms with Gasteiger partial charge in [0.2, 0.25) is 0 Å². The highest BCUT2D eigenvalue weighted by atomic mass is 32.1. The van der Waals surface area contributed by atoms with Gasteiger partial charge < -0.3 is 0 Å². The highest BCUT2D eigenvalue weighted by Gasteiger charge is 2.27. The lowest BCUT2D eigenvalue weighted by atomic mass is 9.92. The van der Waals surface area contributed by atoms with Crippen molar-refractivity contribution in [2.75, 3.05) is 13.1 Å². The molecule has 3 aromatic rings. The number of hydrogen-bond acceptors (Lipinski definition) is 4. The van der Waals surface area contributed by atoms with Gasteiger partial charge in [0.05, 0.1) is 11.4 Å². The van der Waals surface area contributed by atoms with Gasteiger partial charge in [0.15, 0.2) is 5.78 Å². The third-order valence-electron chi connectivity index (χ3n) is 4.97. The van der Waals surface area contributed by atoms with Crippen LogP contribution in [0.2, 0.25) is 0 Å². The predicted octanol–water partition coefficient (Wildman–Crippen LogP) is 4.09. The summed E-state index contributed by atoms with van der Waals surface area (Å²) in [6.45, 7) is 3.65. The minimum absolute atomic E-state index is 0.140. The molecular weight excluding hydrogens is 342 g/mol. The third kappa shape index (κ3) is 4.11. The minimum atomic E-state index is 0.140. The summed E-state index contributed by atoms with van der Waals surface area (Å²) in [5.41, 5.74) is 2.56. The molecule has 26 heavy (non-hydrogen) atoms. The molecule has 0 unspecified atom stereocenters. The number of ketones is 1. The van der Waals surface area contributed by atoms with Crippen molar-refractivity contribution in [3.8, 4) is 0 Å². The molecule has 2 aromatic heterocycles. The van der Waals surface area contributed by atoms with E-state index in [9.17, 15) is 4.79 Å². The number of Topliss-reactive ketones (excluding diaryl/α,β-unsaturated/α-hetero) is 1. The molecule has 0 aliphatic carbocycles. The van der Waals surface area contributed by atoms with Crippen molar-refractivity contribution in [3.05, 3.63) is 76.2 Å². The van der Waals surface area contributed by atoms with Crippen LogP contribution in [0.3, 0.4) is 0 Å². The van der Waals surface area contributed by atoms with E-state index in [2.05, 4.69) is 34.3 Å². The number of hydrogen-bond donors (Lipinski definition) is 0. The average molecular weight is 366 g/mol. The van der Waals surface area contributed by atoms with Crippen LogP contribution in [0.15, 0.2) is 60.2 Å². The topological polar surface area (TPSA) is 38.1 Å². The van der Waals surface area contributed by atoms with E-state index in [0.717, 1.165) is 43.9 Å². The molecule has 4 nitrogen and oxygen atoms in total. The zero-order chi connectivity index (χ0) is 17.8. The van der Waals surface area contributed by atoms with Crippen molar-refractivity contribution >= 4 is 17.1 Å². The molecule has 0 radical (unpaired) electrons. The largest absolute Gasteiger partial charge is 0.298 e. The fraction of sp³-hybridized carbons (Fsp3) is 0.333. The quantitative estimate of drug-likeness (QED) is 0.618. The first-order valence-electron chi connectivity index (χ1n) is 9.13. The third-order valence-corrected chi connectivity index (χ3v) is 5.86. The van der Waals surface area contributed by atoms with E-state index >= 15 is 0 Å². The summed E-state index contributed by atoms with van der Waals surface area (Å²) in [5, 5.41) is 6.24. The Morgan fingerprint density at radius 2 is 1.92 bits per heavy atom. The Labute approximate surface area is 158 Å². The lowest BCUT2D eigenvalue weighted by Gasteiger charge is -2.31. The summed E-state index contributed by atoms with van der Waals surface area (Å²) in [6, 6.07) is 14.6. The molecule has 134 valence electrons. The van der Waals surface area contributed by atoms with Gasteiger partial charge in [-0.3, -0.25) is 14.4 Å². The number of rotatable bonds is 6. The number of carbonyl (C=O) groups is 1. The van der Waals surface area contributed by atoms with Crippen LogP contribution in [0.4, 0.5) is 0 Å². The van der Waals surface area contributed by atoms with Gasteiger partial charge in [0.1, 0.15) is 0 Å². The lowest BCUT2D eigenvalue weighted by Crippen LogP contribution is -2.38. The Kier molecular flexibility index (Phi) is 5.27. The molecule has 0 spiro atoms. The summed E-state index contributed by atoms with van der Waals surface area (Å²) in [7, 11) is 0. The molecule has 5 heteroatoms. The van der Waals surface area contributed by atoms with Gasteiger partial charge in [-0.1, -0.05) is 30.3 Å². The molecule has 1 fully saturated rings. The lowest BCUT2D eigenvalue weighted by molar-refractivity contribution is 0.0816. The number of nitrogens with zero attached hydrogens (tertiary/aromatic N) is 3. The van der Waals surface area contributed by atoms with Crippen molar-refractivity contribution < 1.29 is 4.79 Å². The van der Waals surface area contributed by atoms with Crippen LogP contribution in [0.1, 0.15) is 33.6 Å². The average Bonchev–Trinajstić information content (AvgIpc) is 3.37. The van der Waals surface area contributed by atoms with E-state index in [-0.39, 0.29) is 5.92 Å². The Balaban J connectivity index is 1.35. The highest BCUT2D eigenvalue weighted by molar-refractivity contribution is 7.12. The molecule has 0 bridgehead atoms. The Bertz CT molecular complexity index is 825. The van der Waals surface area contributed by atoms with Crippen LogP contribution in [0.5, 0.6) is 0 Å². The van der Waals surface area contributed by atoms with E-state index in [1.165, 1.54) is 11.1 Å². The summed E-state index contributed by atoms with van der Waals surface area (Å²) < 4.78 is 1.93. The summed E-state index contributed by atoms with van der Waals surface area (Å²) in [5.74, 6) is 0.459. The molecule has 1 saturated heterocycles. The monoisotopic (exact) mass is 365 g/mol. The number of benzene rings is 1. The molecule has 1 atom stereocenters. The standard InChI is InChI=1S/C21H23N3OS/c25-21(20-5-2-13-26-20)19-4-1-11-23(16-19)14-17-6-8-18(9-7-17)15-24-12-3-10-22-24/h2-3,5-10,12-13,19H,1,4,11,14-16H2/t19-/m0/s1. The predicted molar refractivity (Wildman–Crippen MR) is 104 cm³/mol. The van der Waals surface area contributed by atoms with Crippen LogP contribution in [-0.4, -0.2) is 33.6 Å². The van der Waals surface area contributed by atoms with Gasteiger partial charge in [0.25, 0.3) is 0 Å². The van der Waals surface area contributed by atoms with Crippen LogP contribution < -0.4 is 0 Å². The molecule has 3 heterocycles. The summed E-state index contributed by atoms with van der Waals surface area (Å²) >= 11 is 1.56. The fourth-order valence-corrected chi connectivity index (χ4v) is 4.37. The molecule has 0 N–H and O–H groups in total. The smallest absolute Gasteiger partial charge is 0.177 e. The van der Waals surface area contributed by atoms with Crippen LogP contribution in [0.25, 0.3) is 0 Å². The van der Waals surface area contributed by atoms with E-state index in [0.29, 0.717) is 5.78 Å². The maximum absolute atomic E-state index is 12.6. The Hall–Kier alpha value is -2.24. The summed E-state index contributed by atoms with van der Waals surface area (Å²) in [6.07, 6.45) is 5.89. The second-order valence-electron chi connectivity index (χ2n) is 6.94. The van der Waals surface area contributed by atoms with Gasteiger partial charge in [-0.2, -0.15) is 5.10 Å². The van der Waals surface area contributed by atoms with Crippen molar-refractivity contribution in [3.63, 3.8) is 0 Å². The maximum atomic E-state index is 12.6. The van der Waals surface area contributed by atoms with E-state index in [1.807, 2.05) is 34.5 Å². The van der Waals surface area contributed by atoms with Gasteiger partial charge in [0, 0.05) is 31.4 Å². The first-order chi connectivity index (χ1) is 12.8. The van der Waals surface area contributed by atoms with Crippen molar-refractivity contribution in [1.82, 2.24) is 14.7 Å². The van der Waals surface area contributed by atoms with E-state index in [1.54, 1.807) is 17.5 Å². The van der Waals surface area contributed by atoms with Gasteiger partial charge >= 0.3 is 0 Å². The first kappa shape index (κ1) is 17.2. The number of carbonyl (C=O) groups excluding carboxylic acids is 1. The van der Waals surface area contributed by atoms with Gasteiger partial charge in [-0.05, 0) is 48.0 Å². The number of piperidine rings is 1. The van der Waals surface area contributed by atoms with E-state index in [4.69, 9.17) is 0 Å². The molecule has 1 aromatic carbocycles. The normalized spacial score (nSPS) is 18.1. The zero-order valence-corrected chi connectivity index (χ0v) is 15.6. The van der Waals surface area contributed by atoms with E-state index < -0.39 is 0 Å². The first-order valence-corrected chi connectivity index (χ1v) is 10.0. The number of thiophene rings is 1. The fourth-order valence-electron chi connectivity index (χ4n) is 3.62. The second-order valence-corrected chi connectivity index (χ2v) is 7.88. The van der Waals surface area contributed by atoms with Crippen molar-refractivity contribution in [2.45, 2.75) is 25.9 Å². The van der Waals surface area contributed by atoms with Crippen LogP contribution in [-0.2, 0) is 13.1 Å². The number of aromatic nitrogens is 2. The van der Waals surface area contributed by atoms with Crippen molar-refractivity contribution in [1.29, 1.82) is 0 Å². The zero-order valence-electron chi connectivity index (χ0n) is 14.8. The second kappa shape index (κ2) is 7.98. The van der Waals surface area contributed by atoms with Crippen molar-refractivity contribution in [2.24, 2.45) is 5.92 Å². The Morgan fingerprint density at radius 1 is 1.12 bits per heavy atom. The van der Waals surface area contributed by atoms with Gasteiger partial charge in [-0.15, -0.1) is 11.3 Å². The maximum Gasteiger partial charge on any atom is 0.177 e. The number of likely N-dealkylation sites (tertiary alicyclic amines) is 1. The van der Waals surface area contributed by atoms with Crippen LogP contribution in [0, 0.1) is 5.92 Å². The minimum Gasteiger partial charge on any atom is -0.298 e. The molecule has 4 rings (SSSR count). The molecule has 1 aliphatic heterocycles.